The molecule has 0 N–H and O–H groups in total. The van der Waals surface area contributed by atoms with Crippen LogP contribution in [-0.4, -0.2) is 21.6 Å². The number of ether oxygens (including phenoxy) is 1. The number of pyridine rings is 1. The van der Waals surface area contributed by atoms with Gasteiger partial charge in [0, 0.05) is 78.7 Å². The van der Waals surface area contributed by atoms with Crippen LogP contribution in [0.5, 0.6) is 11.5 Å². The van der Waals surface area contributed by atoms with E-state index in [1.54, 1.807) is 24.3 Å². The number of benzene rings is 7. The number of anilines is 2. The van der Waals surface area contributed by atoms with Crippen molar-refractivity contribution in [3.63, 3.8) is 0 Å². The van der Waals surface area contributed by atoms with Gasteiger partial charge in [-0.05, 0) is 76.8 Å². The molecule has 3 aliphatic rings. The summed E-state index contributed by atoms with van der Waals surface area (Å²) in [5.41, 5.74) is 3.93. The summed E-state index contributed by atoms with van der Waals surface area (Å²) in [6.07, 6.45) is 2.40. The molecule has 0 radical (unpaired) electrons. The van der Waals surface area contributed by atoms with E-state index in [0.29, 0.717) is 51.3 Å². The van der Waals surface area contributed by atoms with E-state index < -0.39 is 78.6 Å². The van der Waals surface area contributed by atoms with Gasteiger partial charge >= 0.3 is 0 Å². The molecule has 3 fully saturated rings. The Morgan fingerprint density at radius 1 is 0.641 bits per heavy atom. The molecule has 1 saturated heterocycles. The molecular formula is C58H47N4OPt-3. The quantitative estimate of drug-likeness (QED) is 0.142. The van der Waals surface area contributed by atoms with Crippen LogP contribution in [0.15, 0.2) is 176 Å². The molecule has 5 nitrogen and oxygen atoms in total. The van der Waals surface area contributed by atoms with Crippen LogP contribution in [0.4, 0.5) is 11.4 Å². The Morgan fingerprint density at radius 3 is 1.89 bits per heavy atom. The second kappa shape index (κ2) is 16.3. The molecule has 0 amide bonds. The fraction of sp³-hybridized carbons (Fsp3) is 0.172. The van der Waals surface area contributed by atoms with E-state index in [1.165, 1.54) is 6.20 Å². The van der Waals surface area contributed by atoms with Crippen LogP contribution >= 0.6 is 0 Å². The smallest absolute Gasteiger partial charge is 0.135 e. The minimum Gasteiger partial charge on any atom is -0.519 e. The monoisotopic (exact) mass is 1030 g/mol. The maximum Gasteiger partial charge on any atom is 0.135 e. The summed E-state index contributed by atoms with van der Waals surface area (Å²) in [5, 5.41) is 1.80. The van der Waals surface area contributed by atoms with Gasteiger partial charge in [-0.2, -0.15) is 24.9 Å². The molecule has 7 aromatic carbocycles. The third-order valence-corrected chi connectivity index (χ3v) is 13.6. The van der Waals surface area contributed by atoms with Crippen molar-refractivity contribution in [3.05, 3.63) is 200 Å². The summed E-state index contributed by atoms with van der Waals surface area (Å²) in [6.45, 7) is 8.22. The number of nitrogens with zero attached hydrogens (tertiary/aromatic N) is 4. The molecule has 12 rings (SSSR count). The molecule has 6 atom stereocenters. The van der Waals surface area contributed by atoms with Crippen LogP contribution in [0.25, 0.3) is 61.0 Å². The topological polar surface area (TPSA) is 33.5 Å². The standard InChI is InChI=1S/C58H47N4O.Pt/c1-37-31-55(59-35-52(37)42-21-11-6-12-22-42)62-53-28-14-13-25-48(53)49-30-29-45(33-54(49)62)63-44-24-15-23-43(32-44)60-36-61(58-51-34-50(57(58)60)38(2)39(51)3)56-46(40-17-7-4-8-18-40)26-16-27-47(56)41-19-9-5-10-20-41;/h4-31,35-36,38-39,50-51,57-58H,34H2,1-3H3;/q-3;/t38?,39?,50-,51?,57-,58?;/m0./s1/i4D,5D,6D,7D,8D,9D,10D,11D,12D,17D,18D,19D,20D,21D,22D;. The first kappa shape index (κ1) is 27.0. The van der Waals surface area contributed by atoms with Gasteiger partial charge in [0.1, 0.15) is 5.82 Å². The predicted molar refractivity (Wildman–Crippen MR) is 257 cm³/mol. The SMILES string of the molecule is [2H]c1c([2H])c([2H])c(-c2cnc(-n3c4[c-]c(Oc5[c-]c(N6[CH-]N(c7c(-c8c([2H])c([2H])c([2H])c([2H])c8[2H])cccc7-c7c([2H])c([2H])c([2H])c([2H])c7[2H])C7C8C[C@@H](C(C)C8C)[C@@H]76)ccc5)ccc4c4ccccc43)cc2C)c([2H])c1[2H].[Pt]. The van der Waals surface area contributed by atoms with E-state index in [9.17, 15) is 0 Å². The normalized spacial score (nSPS) is 24.3. The molecule has 64 heavy (non-hydrogen) atoms. The summed E-state index contributed by atoms with van der Waals surface area (Å²) in [5.74, 6) is 2.09. The van der Waals surface area contributed by atoms with Gasteiger partial charge < -0.3 is 19.1 Å². The fourth-order valence-electron chi connectivity index (χ4n) is 10.6. The number of rotatable bonds is 8. The van der Waals surface area contributed by atoms with Gasteiger partial charge in [-0.25, -0.2) is 4.98 Å². The van der Waals surface area contributed by atoms with Crippen LogP contribution in [0.2, 0.25) is 0 Å². The number of hydrogen-bond acceptors (Lipinski definition) is 4. The Bertz CT molecular complexity index is 3880. The summed E-state index contributed by atoms with van der Waals surface area (Å²) in [4.78, 5) is 9.00. The van der Waals surface area contributed by atoms with Crippen molar-refractivity contribution in [2.75, 3.05) is 9.80 Å². The Morgan fingerprint density at radius 2 is 1.23 bits per heavy atom. The van der Waals surface area contributed by atoms with Crippen LogP contribution in [0, 0.1) is 49.4 Å². The summed E-state index contributed by atoms with van der Waals surface area (Å²) in [7, 11) is 0. The van der Waals surface area contributed by atoms with Gasteiger partial charge in [-0.15, -0.1) is 35.3 Å². The fourth-order valence-corrected chi connectivity index (χ4v) is 10.6. The number of para-hydroxylation sites is 2. The van der Waals surface area contributed by atoms with Crippen molar-refractivity contribution in [3.8, 4) is 50.7 Å². The van der Waals surface area contributed by atoms with E-state index in [-0.39, 0.29) is 90.8 Å². The average molecular weight is 1030 g/mol. The van der Waals surface area contributed by atoms with Crippen LogP contribution in [-0.2, 0) is 21.1 Å². The molecule has 2 aliphatic carbocycles. The predicted octanol–water partition coefficient (Wildman–Crippen LogP) is 14.0. The molecular weight excluding hydrogens is 964 g/mol. The maximum absolute atomic E-state index is 9.16. The van der Waals surface area contributed by atoms with Gasteiger partial charge in [-0.3, -0.25) is 0 Å². The molecule has 318 valence electrons. The first-order chi connectivity index (χ1) is 37.2. The molecule has 0 spiro atoms. The van der Waals surface area contributed by atoms with E-state index in [1.807, 2.05) is 77.7 Å². The Labute approximate surface area is 411 Å². The van der Waals surface area contributed by atoms with Crippen molar-refractivity contribution in [1.29, 1.82) is 0 Å². The average Bonchev–Trinajstić information content (AvgIpc) is 3.45. The van der Waals surface area contributed by atoms with Gasteiger partial charge in [0.15, 0.2) is 0 Å². The van der Waals surface area contributed by atoms with Gasteiger partial charge in [-0.1, -0.05) is 146 Å². The second-order valence-corrected chi connectivity index (χ2v) is 16.7. The van der Waals surface area contributed by atoms with Crippen molar-refractivity contribution in [2.24, 2.45) is 23.7 Å². The van der Waals surface area contributed by atoms with Gasteiger partial charge in [0.25, 0.3) is 0 Å². The van der Waals surface area contributed by atoms with Crippen LogP contribution in [0.1, 0.15) is 46.4 Å². The zero-order chi connectivity index (χ0) is 55.2. The van der Waals surface area contributed by atoms with E-state index >= 15 is 0 Å². The number of aromatic nitrogens is 2. The zero-order valence-corrected chi connectivity index (χ0v) is 37.1. The summed E-state index contributed by atoms with van der Waals surface area (Å²) in [6, 6.07) is 23.6. The maximum atomic E-state index is 9.16. The summed E-state index contributed by atoms with van der Waals surface area (Å²) >= 11 is 0. The summed E-state index contributed by atoms with van der Waals surface area (Å²) < 4.78 is 139. The molecule has 2 saturated carbocycles. The van der Waals surface area contributed by atoms with E-state index in [4.69, 9.17) is 30.3 Å². The molecule has 6 heteroatoms. The Kier molecular flexibility index (Phi) is 6.88. The van der Waals surface area contributed by atoms with Crippen molar-refractivity contribution in [1.82, 2.24) is 9.55 Å². The van der Waals surface area contributed by atoms with Crippen LogP contribution < -0.4 is 14.5 Å². The van der Waals surface area contributed by atoms with E-state index in [2.05, 4.69) is 30.9 Å². The van der Waals surface area contributed by atoms with Gasteiger partial charge in [0.2, 0.25) is 0 Å². The minimum atomic E-state index is -0.556. The molecule has 2 bridgehead atoms. The third-order valence-electron chi connectivity index (χ3n) is 13.6. The Hall–Kier alpha value is -6.42. The second-order valence-electron chi connectivity index (χ2n) is 16.7. The molecule has 4 unspecified atom stereocenters. The molecule has 1 aliphatic heterocycles. The first-order valence-electron chi connectivity index (χ1n) is 28.6. The van der Waals surface area contributed by atoms with Crippen molar-refractivity contribution in [2.45, 2.75) is 39.3 Å². The Balaban J connectivity index is 0.00000660. The molecule has 3 heterocycles. The largest absolute Gasteiger partial charge is 0.519 e. The first-order valence-corrected chi connectivity index (χ1v) is 21.1. The van der Waals surface area contributed by atoms with Crippen LogP contribution in [0.3, 0.4) is 0 Å². The number of hydrogen-bond donors (Lipinski definition) is 0. The number of fused-ring (bicyclic) bond motifs is 8. The molecule has 2 aromatic heterocycles. The minimum absolute atomic E-state index is 0. The van der Waals surface area contributed by atoms with E-state index in [0.717, 1.165) is 22.7 Å². The third kappa shape index (κ3) is 6.58. The van der Waals surface area contributed by atoms with Crippen molar-refractivity contribution < 1.29 is 46.4 Å². The van der Waals surface area contributed by atoms with Gasteiger partial charge in [0.05, 0.1) is 20.6 Å². The number of aryl methyl sites for hydroxylation is 1. The molecule has 9 aromatic rings. The van der Waals surface area contributed by atoms with Crippen molar-refractivity contribution >= 4 is 33.2 Å². The zero-order valence-electron chi connectivity index (χ0n) is 49.8.